The average molecular weight is 188 g/mol. The molecule has 1 heterocycles. The second-order valence-corrected chi connectivity index (χ2v) is 3.74. The van der Waals surface area contributed by atoms with Crippen molar-refractivity contribution in [3.05, 3.63) is 48.6 Å². The van der Waals surface area contributed by atoms with Crippen LogP contribution in [0.3, 0.4) is 0 Å². The molecular weight excluding hydrogens is 172 g/mol. The van der Waals surface area contributed by atoms with Gasteiger partial charge in [0.1, 0.15) is 0 Å². The van der Waals surface area contributed by atoms with Crippen molar-refractivity contribution in [2.24, 2.45) is 0 Å². The average Bonchev–Trinajstić information content (AvgIpc) is 2.68. The highest BCUT2D eigenvalue weighted by atomic mass is 16.5. The summed E-state index contributed by atoms with van der Waals surface area (Å²) >= 11 is 0. The van der Waals surface area contributed by atoms with E-state index >= 15 is 0 Å². The summed E-state index contributed by atoms with van der Waals surface area (Å²) in [7, 11) is 0. The Hall–Kier alpha value is -1.08. The van der Waals surface area contributed by atoms with Gasteiger partial charge in [-0.15, -0.1) is 6.58 Å². The van der Waals surface area contributed by atoms with E-state index in [1.165, 1.54) is 5.56 Å². The highest BCUT2D eigenvalue weighted by Gasteiger charge is 2.27. The Balaban J connectivity index is 2.13. The minimum Gasteiger partial charge on any atom is -0.377 e. The van der Waals surface area contributed by atoms with Gasteiger partial charge in [0.25, 0.3) is 0 Å². The minimum absolute atomic E-state index is 0.342. The Morgan fingerprint density at radius 3 is 2.86 bits per heavy atom. The van der Waals surface area contributed by atoms with Crippen LogP contribution in [0.5, 0.6) is 0 Å². The van der Waals surface area contributed by atoms with Crippen LogP contribution in [0, 0.1) is 0 Å². The fourth-order valence-corrected chi connectivity index (χ4v) is 2.13. The smallest absolute Gasteiger partial charge is 0.0678 e. The van der Waals surface area contributed by atoms with Crippen LogP contribution in [0.2, 0.25) is 0 Å². The molecule has 1 aromatic carbocycles. The van der Waals surface area contributed by atoms with Crippen LogP contribution in [-0.4, -0.2) is 12.7 Å². The zero-order chi connectivity index (χ0) is 9.80. The second-order valence-electron chi connectivity index (χ2n) is 3.74. The molecule has 2 atom stereocenters. The molecule has 0 bridgehead atoms. The molecule has 2 rings (SSSR count). The maximum atomic E-state index is 5.69. The molecule has 1 saturated heterocycles. The molecule has 1 nitrogen and oxygen atoms in total. The van der Waals surface area contributed by atoms with Crippen LogP contribution < -0.4 is 0 Å². The first-order chi connectivity index (χ1) is 6.92. The van der Waals surface area contributed by atoms with Crippen molar-refractivity contribution in [1.29, 1.82) is 0 Å². The van der Waals surface area contributed by atoms with Crippen molar-refractivity contribution >= 4 is 0 Å². The van der Waals surface area contributed by atoms with E-state index in [4.69, 9.17) is 4.74 Å². The molecule has 1 heteroatoms. The molecule has 0 saturated carbocycles. The Morgan fingerprint density at radius 2 is 2.14 bits per heavy atom. The van der Waals surface area contributed by atoms with E-state index in [1.807, 2.05) is 6.08 Å². The largest absolute Gasteiger partial charge is 0.377 e. The normalized spacial score (nSPS) is 26.3. The molecular formula is C13H16O. The highest BCUT2D eigenvalue weighted by Crippen LogP contribution is 2.32. The van der Waals surface area contributed by atoms with Crippen LogP contribution >= 0.6 is 0 Å². The predicted molar refractivity (Wildman–Crippen MR) is 58.4 cm³/mol. The zero-order valence-corrected chi connectivity index (χ0v) is 8.36. The van der Waals surface area contributed by atoms with Crippen molar-refractivity contribution in [3.63, 3.8) is 0 Å². The Morgan fingerprint density at radius 1 is 1.36 bits per heavy atom. The summed E-state index contributed by atoms with van der Waals surface area (Å²) < 4.78 is 5.69. The summed E-state index contributed by atoms with van der Waals surface area (Å²) in [5, 5.41) is 0. The van der Waals surface area contributed by atoms with Crippen LogP contribution in [0.25, 0.3) is 0 Å². The van der Waals surface area contributed by atoms with Crippen LogP contribution in [0.15, 0.2) is 43.0 Å². The SMILES string of the molecule is C=CCC1OCCC1c1ccccc1. The Kier molecular flexibility index (Phi) is 3.00. The number of hydrogen-bond acceptors (Lipinski definition) is 1. The summed E-state index contributed by atoms with van der Waals surface area (Å²) in [6.45, 7) is 4.66. The van der Waals surface area contributed by atoms with Gasteiger partial charge in [-0.05, 0) is 18.4 Å². The first-order valence-electron chi connectivity index (χ1n) is 5.19. The van der Waals surface area contributed by atoms with E-state index in [-0.39, 0.29) is 0 Å². The van der Waals surface area contributed by atoms with Crippen molar-refractivity contribution in [1.82, 2.24) is 0 Å². The molecule has 0 aliphatic carbocycles. The highest BCUT2D eigenvalue weighted by molar-refractivity contribution is 5.21. The molecule has 0 spiro atoms. The maximum absolute atomic E-state index is 5.69. The molecule has 1 fully saturated rings. The topological polar surface area (TPSA) is 9.23 Å². The van der Waals surface area contributed by atoms with Crippen LogP contribution in [-0.2, 0) is 4.74 Å². The maximum Gasteiger partial charge on any atom is 0.0678 e. The first kappa shape index (κ1) is 9.47. The van der Waals surface area contributed by atoms with Crippen molar-refractivity contribution in [2.45, 2.75) is 24.9 Å². The van der Waals surface area contributed by atoms with Gasteiger partial charge in [-0.2, -0.15) is 0 Å². The molecule has 2 unspecified atom stereocenters. The lowest BCUT2D eigenvalue weighted by molar-refractivity contribution is 0.106. The first-order valence-corrected chi connectivity index (χ1v) is 5.19. The standard InChI is InChI=1S/C13H16O/c1-2-6-13-12(9-10-14-13)11-7-4-3-5-8-11/h2-5,7-8,12-13H,1,6,9-10H2. The summed E-state index contributed by atoms with van der Waals surface area (Å²) in [4.78, 5) is 0. The van der Waals surface area contributed by atoms with Crippen molar-refractivity contribution < 1.29 is 4.74 Å². The summed E-state index contributed by atoms with van der Waals surface area (Å²) in [6.07, 6.45) is 4.39. The van der Waals surface area contributed by atoms with Gasteiger partial charge in [0.15, 0.2) is 0 Å². The van der Waals surface area contributed by atoms with Crippen molar-refractivity contribution in [3.8, 4) is 0 Å². The van der Waals surface area contributed by atoms with E-state index in [2.05, 4.69) is 36.9 Å². The van der Waals surface area contributed by atoms with E-state index in [9.17, 15) is 0 Å². The molecule has 1 aromatic rings. The quantitative estimate of drug-likeness (QED) is 0.662. The molecule has 1 aliphatic heterocycles. The molecule has 0 N–H and O–H groups in total. The third kappa shape index (κ3) is 1.88. The molecule has 1 aliphatic rings. The molecule has 0 radical (unpaired) electrons. The van der Waals surface area contributed by atoms with Gasteiger partial charge in [-0.1, -0.05) is 36.4 Å². The number of benzene rings is 1. The van der Waals surface area contributed by atoms with Gasteiger partial charge < -0.3 is 4.74 Å². The molecule has 0 aromatic heterocycles. The fourth-order valence-electron chi connectivity index (χ4n) is 2.13. The summed E-state index contributed by atoms with van der Waals surface area (Å²) in [6, 6.07) is 10.6. The van der Waals surface area contributed by atoms with E-state index in [1.54, 1.807) is 0 Å². The third-order valence-electron chi connectivity index (χ3n) is 2.84. The molecule has 14 heavy (non-hydrogen) atoms. The second kappa shape index (κ2) is 4.43. The number of hydrogen-bond donors (Lipinski definition) is 0. The van der Waals surface area contributed by atoms with E-state index in [0.29, 0.717) is 12.0 Å². The van der Waals surface area contributed by atoms with E-state index in [0.717, 1.165) is 19.4 Å². The Bertz CT molecular complexity index is 291. The lowest BCUT2D eigenvalue weighted by atomic mass is 9.91. The summed E-state index contributed by atoms with van der Waals surface area (Å²) in [5.74, 6) is 0.564. The van der Waals surface area contributed by atoms with Gasteiger partial charge in [-0.3, -0.25) is 0 Å². The van der Waals surface area contributed by atoms with Gasteiger partial charge in [0.2, 0.25) is 0 Å². The van der Waals surface area contributed by atoms with Gasteiger partial charge in [-0.25, -0.2) is 0 Å². The van der Waals surface area contributed by atoms with E-state index < -0.39 is 0 Å². The van der Waals surface area contributed by atoms with Gasteiger partial charge in [0.05, 0.1) is 6.10 Å². The third-order valence-corrected chi connectivity index (χ3v) is 2.84. The zero-order valence-electron chi connectivity index (χ0n) is 8.36. The van der Waals surface area contributed by atoms with Crippen LogP contribution in [0.4, 0.5) is 0 Å². The Labute approximate surface area is 85.4 Å². The molecule has 0 amide bonds. The fraction of sp³-hybridized carbons (Fsp3) is 0.385. The predicted octanol–water partition coefficient (Wildman–Crippen LogP) is 3.14. The van der Waals surface area contributed by atoms with Gasteiger partial charge >= 0.3 is 0 Å². The lowest BCUT2D eigenvalue weighted by Crippen LogP contribution is -2.12. The molecule has 74 valence electrons. The minimum atomic E-state index is 0.342. The number of rotatable bonds is 3. The monoisotopic (exact) mass is 188 g/mol. The lowest BCUT2D eigenvalue weighted by Gasteiger charge is -2.16. The van der Waals surface area contributed by atoms with Crippen LogP contribution in [0.1, 0.15) is 24.3 Å². The van der Waals surface area contributed by atoms with Crippen molar-refractivity contribution in [2.75, 3.05) is 6.61 Å². The number of ether oxygens (including phenoxy) is 1. The summed E-state index contributed by atoms with van der Waals surface area (Å²) in [5.41, 5.74) is 1.40. The van der Waals surface area contributed by atoms with Gasteiger partial charge in [0, 0.05) is 12.5 Å².